The summed E-state index contributed by atoms with van der Waals surface area (Å²) in [6.45, 7) is 1.97. The van der Waals surface area contributed by atoms with Gasteiger partial charge in [0.05, 0.1) is 6.04 Å². The maximum Gasteiger partial charge on any atom is 0.431 e. The first-order chi connectivity index (χ1) is 13.4. The molecule has 1 atom stereocenters. The van der Waals surface area contributed by atoms with E-state index < -0.39 is 17.9 Å². The van der Waals surface area contributed by atoms with E-state index in [-0.39, 0.29) is 6.54 Å². The first-order valence-corrected chi connectivity index (χ1v) is 9.14. The number of halogens is 3. The molecule has 0 aliphatic carbocycles. The van der Waals surface area contributed by atoms with E-state index in [2.05, 4.69) is 0 Å². The Morgan fingerprint density at radius 1 is 0.821 bits per heavy atom. The summed E-state index contributed by atoms with van der Waals surface area (Å²) >= 11 is 0. The third-order valence-corrected chi connectivity index (χ3v) is 4.65. The van der Waals surface area contributed by atoms with Crippen LogP contribution in [0.3, 0.4) is 0 Å². The molecular formula is C24H22F3N. The lowest BCUT2D eigenvalue weighted by Crippen LogP contribution is -2.33. The van der Waals surface area contributed by atoms with E-state index in [4.69, 9.17) is 0 Å². The van der Waals surface area contributed by atoms with Gasteiger partial charge in [-0.25, -0.2) is 0 Å². The molecule has 0 aromatic heterocycles. The molecule has 1 nitrogen and oxygen atoms in total. The normalized spacial score (nSPS) is 13.2. The molecule has 3 rings (SSSR count). The van der Waals surface area contributed by atoms with Crippen LogP contribution in [0.25, 0.3) is 6.08 Å². The standard InChI is InChI=1S/C24H22F3N/c1-19(22-15-9-4-10-16-22)28(18-21-13-7-3-8-14-21)23(24(25,26)27)17-20-11-5-2-6-12-20/h2-17,19H,18H2,1H3/b23-17-/t19-/m0/s1. The molecule has 0 fully saturated rings. The fraction of sp³-hybridized carbons (Fsp3) is 0.167. The topological polar surface area (TPSA) is 3.24 Å². The Balaban J connectivity index is 2.07. The fourth-order valence-electron chi connectivity index (χ4n) is 3.16. The van der Waals surface area contributed by atoms with Crippen LogP contribution in [0.15, 0.2) is 96.7 Å². The summed E-state index contributed by atoms with van der Waals surface area (Å²) in [6, 6.07) is 26.7. The lowest BCUT2D eigenvalue weighted by molar-refractivity contribution is -0.114. The van der Waals surface area contributed by atoms with Crippen molar-refractivity contribution >= 4 is 6.08 Å². The Labute approximate surface area is 163 Å². The Morgan fingerprint density at radius 2 is 1.32 bits per heavy atom. The van der Waals surface area contributed by atoms with E-state index in [9.17, 15) is 13.2 Å². The van der Waals surface area contributed by atoms with Gasteiger partial charge in [0.15, 0.2) is 0 Å². The van der Waals surface area contributed by atoms with Crippen LogP contribution in [0.4, 0.5) is 13.2 Å². The maximum absolute atomic E-state index is 14.1. The van der Waals surface area contributed by atoms with Gasteiger partial charge in [-0.1, -0.05) is 91.0 Å². The predicted molar refractivity (Wildman–Crippen MR) is 107 cm³/mol. The van der Waals surface area contributed by atoms with Crippen molar-refractivity contribution in [2.45, 2.75) is 25.7 Å². The van der Waals surface area contributed by atoms with Crippen molar-refractivity contribution in [3.05, 3.63) is 113 Å². The summed E-state index contributed by atoms with van der Waals surface area (Å²) in [4.78, 5) is 1.43. The molecule has 3 aromatic carbocycles. The highest BCUT2D eigenvalue weighted by molar-refractivity contribution is 5.53. The smallest absolute Gasteiger partial charge is 0.356 e. The average Bonchev–Trinajstić information content (AvgIpc) is 2.71. The molecule has 0 N–H and O–H groups in total. The molecule has 144 valence electrons. The van der Waals surface area contributed by atoms with Gasteiger partial charge in [0.25, 0.3) is 0 Å². The monoisotopic (exact) mass is 381 g/mol. The molecule has 0 spiro atoms. The van der Waals surface area contributed by atoms with Gasteiger partial charge in [0.2, 0.25) is 0 Å². The highest BCUT2D eigenvalue weighted by atomic mass is 19.4. The predicted octanol–water partition coefficient (Wildman–Crippen LogP) is 6.85. The molecule has 0 aliphatic heterocycles. The lowest BCUT2D eigenvalue weighted by atomic mass is 10.0. The lowest BCUT2D eigenvalue weighted by Gasteiger charge is -2.35. The van der Waals surface area contributed by atoms with E-state index in [1.807, 2.05) is 67.6 Å². The summed E-state index contributed by atoms with van der Waals surface area (Å²) in [5, 5.41) is 0. The number of rotatable bonds is 6. The van der Waals surface area contributed by atoms with Gasteiger partial charge in [-0.2, -0.15) is 13.2 Å². The van der Waals surface area contributed by atoms with Gasteiger partial charge >= 0.3 is 6.18 Å². The van der Waals surface area contributed by atoms with E-state index in [1.165, 1.54) is 11.0 Å². The van der Waals surface area contributed by atoms with Crippen molar-refractivity contribution in [2.75, 3.05) is 0 Å². The molecule has 0 saturated carbocycles. The summed E-state index contributed by atoms with van der Waals surface area (Å²) < 4.78 is 42.4. The van der Waals surface area contributed by atoms with Crippen LogP contribution < -0.4 is 0 Å². The summed E-state index contributed by atoms with van der Waals surface area (Å²) in [6.07, 6.45) is -3.25. The molecular weight excluding hydrogens is 359 g/mol. The van der Waals surface area contributed by atoms with Crippen LogP contribution >= 0.6 is 0 Å². The molecule has 0 bridgehead atoms. The Bertz CT molecular complexity index is 887. The summed E-state index contributed by atoms with van der Waals surface area (Å²) in [5.74, 6) is 0. The van der Waals surface area contributed by atoms with E-state index in [0.29, 0.717) is 5.56 Å². The SMILES string of the molecule is C[C@@H](c1ccccc1)N(Cc1ccccc1)/C(=C\c1ccccc1)C(F)(F)F. The van der Waals surface area contributed by atoms with Crippen LogP contribution in [0.2, 0.25) is 0 Å². The number of allylic oxidation sites excluding steroid dienone is 1. The van der Waals surface area contributed by atoms with Crippen molar-refractivity contribution < 1.29 is 13.2 Å². The highest BCUT2D eigenvalue weighted by Crippen LogP contribution is 2.37. The van der Waals surface area contributed by atoms with Gasteiger partial charge in [0.1, 0.15) is 5.70 Å². The minimum absolute atomic E-state index is 0.162. The van der Waals surface area contributed by atoms with Crippen molar-refractivity contribution in [3.63, 3.8) is 0 Å². The summed E-state index contributed by atoms with van der Waals surface area (Å²) in [5.41, 5.74) is 1.53. The molecule has 0 aliphatic rings. The Hall–Kier alpha value is -3.01. The number of alkyl halides is 3. The van der Waals surface area contributed by atoms with Crippen LogP contribution in [0.1, 0.15) is 29.7 Å². The van der Waals surface area contributed by atoms with Crippen molar-refractivity contribution in [3.8, 4) is 0 Å². The van der Waals surface area contributed by atoms with E-state index in [0.717, 1.165) is 11.1 Å². The minimum Gasteiger partial charge on any atom is -0.356 e. The Morgan fingerprint density at radius 3 is 1.86 bits per heavy atom. The second-order valence-corrected chi connectivity index (χ2v) is 6.64. The van der Waals surface area contributed by atoms with Crippen LogP contribution in [0.5, 0.6) is 0 Å². The third kappa shape index (κ3) is 5.03. The van der Waals surface area contributed by atoms with Gasteiger partial charge in [0, 0.05) is 6.54 Å². The van der Waals surface area contributed by atoms with E-state index >= 15 is 0 Å². The molecule has 0 saturated heterocycles. The molecule has 0 radical (unpaired) electrons. The van der Waals surface area contributed by atoms with Gasteiger partial charge in [-0.3, -0.25) is 0 Å². The molecule has 4 heteroatoms. The zero-order valence-electron chi connectivity index (χ0n) is 15.6. The van der Waals surface area contributed by atoms with Crippen molar-refractivity contribution in [1.82, 2.24) is 4.90 Å². The zero-order chi connectivity index (χ0) is 20.0. The molecule has 0 amide bonds. The van der Waals surface area contributed by atoms with Gasteiger partial charge in [-0.15, -0.1) is 0 Å². The second-order valence-electron chi connectivity index (χ2n) is 6.64. The van der Waals surface area contributed by atoms with E-state index in [1.54, 1.807) is 30.3 Å². The molecule has 0 unspecified atom stereocenters. The Kier molecular flexibility index (Phi) is 6.19. The molecule has 28 heavy (non-hydrogen) atoms. The van der Waals surface area contributed by atoms with Gasteiger partial charge in [-0.05, 0) is 29.7 Å². The number of hydrogen-bond donors (Lipinski definition) is 0. The number of hydrogen-bond acceptors (Lipinski definition) is 1. The fourth-order valence-corrected chi connectivity index (χ4v) is 3.16. The first kappa shape index (κ1) is 19.7. The number of benzene rings is 3. The summed E-state index contributed by atoms with van der Waals surface area (Å²) in [7, 11) is 0. The number of nitrogens with zero attached hydrogens (tertiary/aromatic N) is 1. The average molecular weight is 381 g/mol. The van der Waals surface area contributed by atoms with Crippen LogP contribution in [-0.2, 0) is 6.54 Å². The highest BCUT2D eigenvalue weighted by Gasteiger charge is 2.39. The van der Waals surface area contributed by atoms with Crippen LogP contribution in [0, 0.1) is 0 Å². The molecule has 3 aromatic rings. The molecule has 0 heterocycles. The zero-order valence-corrected chi connectivity index (χ0v) is 15.6. The van der Waals surface area contributed by atoms with Crippen molar-refractivity contribution in [2.24, 2.45) is 0 Å². The van der Waals surface area contributed by atoms with Gasteiger partial charge < -0.3 is 4.90 Å². The minimum atomic E-state index is -4.48. The first-order valence-electron chi connectivity index (χ1n) is 9.14. The van der Waals surface area contributed by atoms with Crippen LogP contribution in [-0.4, -0.2) is 11.1 Å². The largest absolute Gasteiger partial charge is 0.431 e. The maximum atomic E-state index is 14.1. The second kappa shape index (κ2) is 8.79. The quantitative estimate of drug-likeness (QED) is 0.451. The third-order valence-electron chi connectivity index (χ3n) is 4.65. The van der Waals surface area contributed by atoms with Crippen molar-refractivity contribution in [1.29, 1.82) is 0 Å².